The van der Waals surface area contributed by atoms with Crippen LogP contribution in [-0.2, 0) is 0 Å². The highest BCUT2D eigenvalue weighted by molar-refractivity contribution is 6.04. The van der Waals surface area contributed by atoms with E-state index in [2.05, 4.69) is 36.0 Å². The average molecular weight is 400 g/mol. The third-order valence-corrected chi connectivity index (χ3v) is 4.47. The fraction of sp³-hybridized carbons (Fsp3) is 0.0952. The lowest BCUT2D eigenvalue weighted by Crippen LogP contribution is -2.12. The van der Waals surface area contributed by atoms with Crippen LogP contribution in [0.25, 0.3) is 5.82 Å². The summed E-state index contributed by atoms with van der Waals surface area (Å²) in [5.74, 6) is 1.86. The number of carbonyl (C=O) groups excluding carboxylic acids is 1. The maximum absolute atomic E-state index is 12.4. The van der Waals surface area contributed by atoms with Crippen LogP contribution in [0.5, 0.6) is 0 Å². The molecule has 9 nitrogen and oxygen atoms in total. The van der Waals surface area contributed by atoms with Crippen molar-refractivity contribution in [1.82, 2.24) is 24.7 Å². The van der Waals surface area contributed by atoms with E-state index in [4.69, 9.17) is 0 Å². The Balaban J connectivity index is 1.58. The summed E-state index contributed by atoms with van der Waals surface area (Å²) in [6.45, 7) is 1.99. The van der Waals surface area contributed by atoms with Gasteiger partial charge in [0.25, 0.3) is 5.91 Å². The molecule has 9 heteroatoms. The smallest absolute Gasteiger partial charge is 0.255 e. The molecule has 30 heavy (non-hydrogen) atoms. The van der Waals surface area contributed by atoms with Crippen molar-refractivity contribution in [2.45, 2.75) is 6.92 Å². The molecule has 0 aliphatic rings. The number of hydrogen-bond acceptors (Lipinski definition) is 7. The average Bonchev–Trinajstić information content (AvgIpc) is 3.25. The summed E-state index contributed by atoms with van der Waals surface area (Å²) in [7, 11) is 1.80. The monoisotopic (exact) mass is 400 g/mol. The van der Waals surface area contributed by atoms with Crippen LogP contribution < -0.4 is 16.0 Å². The number of nitrogens with one attached hydrogen (secondary N) is 3. The fourth-order valence-electron chi connectivity index (χ4n) is 2.86. The van der Waals surface area contributed by atoms with Gasteiger partial charge in [0.1, 0.15) is 18.0 Å². The van der Waals surface area contributed by atoms with Gasteiger partial charge in [0.2, 0.25) is 0 Å². The molecular weight excluding hydrogens is 380 g/mol. The molecule has 0 radical (unpaired) electrons. The number of amides is 1. The molecule has 0 bridgehead atoms. The molecule has 0 fully saturated rings. The molecule has 0 saturated carbocycles. The van der Waals surface area contributed by atoms with Crippen LogP contribution >= 0.6 is 0 Å². The van der Waals surface area contributed by atoms with Gasteiger partial charge in [-0.2, -0.15) is 9.78 Å². The lowest BCUT2D eigenvalue weighted by atomic mass is 10.1. The molecule has 0 unspecified atom stereocenters. The van der Waals surface area contributed by atoms with E-state index < -0.39 is 0 Å². The highest BCUT2D eigenvalue weighted by Crippen LogP contribution is 2.26. The quantitative estimate of drug-likeness (QED) is 0.455. The van der Waals surface area contributed by atoms with E-state index in [1.807, 2.05) is 31.2 Å². The molecular formula is C21H20N8O. The largest absolute Gasteiger partial charge is 0.373 e. The number of rotatable bonds is 6. The Morgan fingerprint density at radius 1 is 1.00 bits per heavy atom. The van der Waals surface area contributed by atoms with Crippen molar-refractivity contribution >= 4 is 28.9 Å². The second-order valence-electron chi connectivity index (χ2n) is 6.48. The van der Waals surface area contributed by atoms with Crippen molar-refractivity contribution in [1.29, 1.82) is 0 Å². The van der Waals surface area contributed by atoms with Crippen LogP contribution in [0.1, 0.15) is 15.9 Å². The zero-order valence-corrected chi connectivity index (χ0v) is 16.5. The Bertz CT molecular complexity index is 1170. The van der Waals surface area contributed by atoms with Crippen LogP contribution in [-0.4, -0.2) is 37.7 Å². The van der Waals surface area contributed by atoms with Crippen molar-refractivity contribution in [3.05, 3.63) is 78.5 Å². The Morgan fingerprint density at radius 2 is 1.83 bits per heavy atom. The third-order valence-electron chi connectivity index (χ3n) is 4.47. The maximum Gasteiger partial charge on any atom is 0.255 e. The minimum Gasteiger partial charge on any atom is -0.373 e. The maximum atomic E-state index is 12.4. The molecule has 0 aliphatic heterocycles. The normalized spacial score (nSPS) is 10.5. The van der Waals surface area contributed by atoms with Gasteiger partial charge in [-0.1, -0.05) is 6.07 Å². The van der Waals surface area contributed by atoms with E-state index in [1.165, 1.54) is 6.33 Å². The van der Waals surface area contributed by atoms with Crippen molar-refractivity contribution < 1.29 is 4.79 Å². The molecule has 1 aromatic carbocycles. The van der Waals surface area contributed by atoms with Gasteiger partial charge < -0.3 is 16.0 Å². The Morgan fingerprint density at radius 3 is 2.63 bits per heavy atom. The van der Waals surface area contributed by atoms with Gasteiger partial charge in [0.05, 0.1) is 6.20 Å². The van der Waals surface area contributed by atoms with Crippen LogP contribution in [0.15, 0.2) is 67.4 Å². The molecule has 150 valence electrons. The summed E-state index contributed by atoms with van der Waals surface area (Å²) in [4.78, 5) is 24.8. The second-order valence-corrected chi connectivity index (χ2v) is 6.48. The number of pyridine rings is 1. The van der Waals surface area contributed by atoms with Crippen LogP contribution in [0.4, 0.5) is 23.0 Å². The minimum atomic E-state index is -0.196. The number of benzene rings is 1. The van der Waals surface area contributed by atoms with E-state index in [9.17, 15) is 4.79 Å². The molecule has 1 amide bonds. The van der Waals surface area contributed by atoms with Crippen molar-refractivity contribution in [2.24, 2.45) is 0 Å². The van der Waals surface area contributed by atoms with Crippen molar-refractivity contribution in [3.8, 4) is 5.82 Å². The van der Waals surface area contributed by atoms with E-state index in [1.54, 1.807) is 48.5 Å². The molecule has 0 spiro atoms. The van der Waals surface area contributed by atoms with E-state index >= 15 is 0 Å². The standard InChI is InChI=1S/C21H20N8O/c1-14-3-4-16(27-21(30)15-5-8-23-9-6-15)11-17(14)28-19-7-10-26-29(19)20-12-18(22-2)24-13-25-20/h3-13,28H,1-2H3,(H,27,30)(H,22,24,25). The first kappa shape index (κ1) is 19.1. The van der Waals surface area contributed by atoms with E-state index in [-0.39, 0.29) is 5.91 Å². The summed E-state index contributed by atoms with van der Waals surface area (Å²) in [5.41, 5.74) is 3.08. The zero-order chi connectivity index (χ0) is 20.9. The SMILES string of the molecule is CNc1cc(-n2nccc2Nc2cc(NC(=O)c3ccncc3)ccc2C)ncn1. The van der Waals surface area contributed by atoms with Gasteiger partial charge in [0.15, 0.2) is 5.82 Å². The van der Waals surface area contributed by atoms with Gasteiger partial charge in [-0.3, -0.25) is 9.78 Å². The van der Waals surface area contributed by atoms with Gasteiger partial charge in [-0.25, -0.2) is 9.97 Å². The number of nitrogens with zero attached hydrogens (tertiary/aromatic N) is 5. The van der Waals surface area contributed by atoms with Gasteiger partial charge in [0, 0.05) is 48.5 Å². The molecule has 3 heterocycles. The summed E-state index contributed by atoms with van der Waals surface area (Å²) in [6.07, 6.45) is 6.34. The van der Waals surface area contributed by atoms with Gasteiger partial charge >= 0.3 is 0 Å². The minimum absolute atomic E-state index is 0.196. The number of anilines is 4. The first-order chi connectivity index (χ1) is 14.6. The lowest BCUT2D eigenvalue weighted by molar-refractivity contribution is 0.102. The summed E-state index contributed by atoms with van der Waals surface area (Å²) < 4.78 is 1.68. The molecule has 3 aromatic heterocycles. The molecule has 3 N–H and O–H groups in total. The Kier molecular flexibility index (Phi) is 5.33. The molecule has 4 aromatic rings. The molecule has 0 atom stereocenters. The van der Waals surface area contributed by atoms with Crippen LogP contribution in [0.2, 0.25) is 0 Å². The zero-order valence-electron chi connectivity index (χ0n) is 16.5. The van der Waals surface area contributed by atoms with E-state index in [0.29, 0.717) is 22.9 Å². The van der Waals surface area contributed by atoms with Gasteiger partial charge in [-0.05, 0) is 36.8 Å². The molecule has 0 saturated heterocycles. The number of aryl methyl sites for hydroxylation is 1. The number of aromatic nitrogens is 5. The van der Waals surface area contributed by atoms with Crippen LogP contribution in [0.3, 0.4) is 0 Å². The topological polar surface area (TPSA) is 110 Å². The summed E-state index contributed by atoms with van der Waals surface area (Å²) in [5, 5.41) is 13.6. The summed E-state index contributed by atoms with van der Waals surface area (Å²) in [6, 6.07) is 12.7. The van der Waals surface area contributed by atoms with Crippen molar-refractivity contribution in [2.75, 3.05) is 23.0 Å². The third kappa shape index (κ3) is 4.09. The highest BCUT2D eigenvalue weighted by Gasteiger charge is 2.11. The first-order valence-electron chi connectivity index (χ1n) is 9.27. The first-order valence-corrected chi connectivity index (χ1v) is 9.27. The predicted molar refractivity (Wildman–Crippen MR) is 115 cm³/mol. The Hall–Kier alpha value is -4.27. The van der Waals surface area contributed by atoms with Gasteiger partial charge in [-0.15, -0.1) is 0 Å². The highest BCUT2D eigenvalue weighted by atomic mass is 16.1. The van der Waals surface area contributed by atoms with E-state index in [0.717, 1.165) is 17.1 Å². The predicted octanol–water partition coefficient (Wildman–Crippen LogP) is 3.40. The fourth-order valence-corrected chi connectivity index (χ4v) is 2.86. The Labute approximate surface area is 173 Å². The molecule has 4 rings (SSSR count). The summed E-state index contributed by atoms with van der Waals surface area (Å²) >= 11 is 0. The number of carbonyl (C=O) groups is 1. The second kappa shape index (κ2) is 8.39. The number of hydrogen-bond donors (Lipinski definition) is 3. The van der Waals surface area contributed by atoms with Crippen LogP contribution in [0, 0.1) is 6.92 Å². The van der Waals surface area contributed by atoms with Crippen molar-refractivity contribution in [3.63, 3.8) is 0 Å². The lowest BCUT2D eigenvalue weighted by Gasteiger charge is -2.14. The molecule has 0 aliphatic carbocycles.